The predicted molar refractivity (Wildman–Crippen MR) is 114 cm³/mol. The van der Waals surface area contributed by atoms with E-state index in [9.17, 15) is 13.2 Å². The van der Waals surface area contributed by atoms with Gasteiger partial charge in [0, 0.05) is 0 Å². The maximum absolute atomic E-state index is 12.8. The summed E-state index contributed by atoms with van der Waals surface area (Å²) in [6.45, 7) is 9.01. The first-order valence-electron chi connectivity index (χ1n) is 9.30. The number of esters is 1. The summed E-state index contributed by atoms with van der Waals surface area (Å²) in [6.07, 6.45) is 0. The lowest BCUT2D eigenvalue weighted by Gasteiger charge is -2.16. The molecule has 0 amide bonds. The molecule has 0 saturated carbocycles. The summed E-state index contributed by atoms with van der Waals surface area (Å²) in [6, 6.07) is 13.3. The van der Waals surface area contributed by atoms with Gasteiger partial charge in [-0.05, 0) is 52.3 Å². The molecule has 2 aromatic carbocycles. The molecular weight excluding hydrogens is 386 g/mol. The van der Waals surface area contributed by atoms with Crippen molar-refractivity contribution in [2.24, 2.45) is 5.41 Å². The lowest BCUT2D eigenvalue weighted by atomic mass is 9.97. The Hall–Kier alpha value is -2.62. The molecule has 1 N–H and O–H groups in total. The fourth-order valence-electron chi connectivity index (χ4n) is 2.34. The molecule has 0 aliphatic carbocycles. The molecule has 0 spiro atoms. The Morgan fingerprint density at radius 2 is 1.52 bits per heavy atom. The van der Waals surface area contributed by atoms with E-state index in [-0.39, 0.29) is 17.5 Å². The van der Waals surface area contributed by atoms with Crippen LogP contribution in [0.1, 0.15) is 43.5 Å². The van der Waals surface area contributed by atoms with Crippen molar-refractivity contribution in [2.75, 3.05) is 6.61 Å². The number of nitrogens with one attached hydrogen (secondary N) is 1. The Bertz CT molecular complexity index is 1010. The van der Waals surface area contributed by atoms with Gasteiger partial charge in [0.15, 0.2) is 6.61 Å². The van der Waals surface area contributed by atoms with Gasteiger partial charge in [-0.2, -0.15) is 4.72 Å². The molecule has 1 atom stereocenters. The number of aryl methyl sites for hydroxylation is 2. The van der Waals surface area contributed by atoms with E-state index in [0.717, 1.165) is 11.1 Å². The third-order valence-corrected chi connectivity index (χ3v) is 5.59. The highest BCUT2D eigenvalue weighted by atomic mass is 32.2. The van der Waals surface area contributed by atoms with Crippen LogP contribution in [0.2, 0.25) is 0 Å². The number of hydrogen-bond donors (Lipinski definition) is 1. The fourth-order valence-corrected chi connectivity index (χ4v) is 3.48. The summed E-state index contributed by atoms with van der Waals surface area (Å²) < 4.78 is 33.4. The maximum atomic E-state index is 12.8. The summed E-state index contributed by atoms with van der Waals surface area (Å²) in [5.41, 5.74) is 2.12. The van der Waals surface area contributed by atoms with E-state index in [1.54, 1.807) is 45.0 Å². The average molecular weight is 414 g/mol. The van der Waals surface area contributed by atoms with Crippen LogP contribution in [0, 0.1) is 31.1 Å². The number of benzene rings is 2. The zero-order chi connectivity index (χ0) is 21.7. The van der Waals surface area contributed by atoms with Gasteiger partial charge in [-0.15, -0.1) is 0 Å². The van der Waals surface area contributed by atoms with Gasteiger partial charge >= 0.3 is 5.97 Å². The molecule has 0 saturated heterocycles. The van der Waals surface area contributed by atoms with Gasteiger partial charge < -0.3 is 4.74 Å². The van der Waals surface area contributed by atoms with Gasteiger partial charge in [-0.1, -0.05) is 59.4 Å². The number of sulfonamides is 1. The average Bonchev–Trinajstić information content (AvgIpc) is 2.64. The lowest BCUT2D eigenvalue weighted by Crippen LogP contribution is -2.28. The van der Waals surface area contributed by atoms with E-state index >= 15 is 0 Å². The molecule has 0 aromatic heterocycles. The van der Waals surface area contributed by atoms with Crippen molar-refractivity contribution in [3.63, 3.8) is 0 Å². The minimum atomic E-state index is -3.77. The maximum Gasteiger partial charge on any atom is 0.312 e. The third kappa shape index (κ3) is 6.74. The van der Waals surface area contributed by atoms with Crippen LogP contribution in [0.3, 0.4) is 0 Å². The van der Waals surface area contributed by atoms with Crippen LogP contribution < -0.4 is 4.72 Å². The first-order valence-corrected chi connectivity index (χ1v) is 10.8. The Kier molecular flexibility index (Phi) is 7.23. The molecule has 5 nitrogen and oxygen atoms in total. The van der Waals surface area contributed by atoms with Crippen molar-refractivity contribution in [1.29, 1.82) is 0 Å². The van der Waals surface area contributed by atoms with Gasteiger partial charge in [0.05, 0.1) is 10.3 Å². The minimum Gasteiger partial charge on any atom is -0.452 e. The molecule has 0 fully saturated rings. The predicted octanol–water partition coefficient (Wildman–Crippen LogP) is 3.92. The summed E-state index contributed by atoms with van der Waals surface area (Å²) in [5, 5.41) is 0. The highest BCUT2D eigenvalue weighted by molar-refractivity contribution is 7.89. The van der Waals surface area contributed by atoms with Crippen LogP contribution >= 0.6 is 0 Å². The summed E-state index contributed by atoms with van der Waals surface area (Å²) >= 11 is 0. The number of hydrogen-bond acceptors (Lipinski definition) is 4. The van der Waals surface area contributed by atoms with E-state index in [0.29, 0.717) is 5.56 Å². The molecule has 0 bridgehead atoms. The van der Waals surface area contributed by atoms with Crippen molar-refractivity contribution >= 4 is 16.0 Å². The Labute approximate surface area is 173 Å². The molecule has 2 rings (SSSR count). The second-order valence-corrected chi connectivity index (χ2v) is 9.64. The van der Waals surface area contributed by atoms with Gasteiger partial charge in [-0.3, -0.25) is 4.79 Å². The van der Waals surface area contributed by atoms with E-state index in [1.807, 2.05) is 38.1 Å². The Morgan fingerprint density at radius 3 is 2.03 bits per heavy atom. The Morgan fingerprint density at radius 1 is 1.00 bits per heavy atom. The molecule has 0 heterocycles. The highest BCUT2D eigenvalue weighted by Gasteiger charge is 2.23. The van der Waals surface area contributed by atoms with Crippen LogP contribution in [0.25, 0.3) is 0 Å². The van der Waals surface area contributed by atoms with E-state index in [4.69, 9.17) is 4.74 Å². The fraction of sp³-hybridized carbons (Fsp3) is 0.348. The van der Waals surface area contributed by atoms with E-state index in [1.165, 1.54) is 0 Å². The van der Waals surface area contributed by atoms with Crippen molar-refractivity contribution in [3.05, 3.63) is 65.2 Å². The minimum absolute atomic E-state index is 0.106. The number of carbonyl (C=O) groups is 1. The number of carbonyl (C=O) groups excluding carboxylic acids is 1. The van der Waals surface area contributed by atoms with Crippen LogP contribution in [0.5, 0.6) is 0 Å². The molecule has 29 heavy (non-hydrogen) atoms. The highest BCUT2D eigenvalue weighted by Crippen LogP contribution is 2.18. The van der Waals surface area contributed by atoms with Crippen LogP contribution in [0.4, 0.5) is 0 Å². The standard InChI is InChI=1S/C23H27NO4S/c1-17-8-12-19(13-9-17)21(7-6-16-28-22(25)23(3,4)5)24-29(26,27)20-14-10-18(2)11-15-20/h8-15,21,24H,16H2,1-5H3. The molecule has 1 unspecified atom stereocenters. The van der Waals surface area contributed by atoms with Gasteiger partial charge in [0.2, 0.25) is 10.0 Å². The second-order valence-electron chi connectivity index (χ2n) is 7.93. The SMILES string of the molecule is Cc1ccc(C(C#CCOC(=O)C(C)(C)C)NS(=O)(=O)c2ccc(C)cc2)cc1. The number of rotatable bonds is 5. The van der Waals surface area contributed by atoms with Crippen molar-refractivity contribution in [1.82, 2.24) is 4.72 Å². The van der Waals surface area contributed by atoms with Crippen molar-refractivity contribution in [2.45, 2.75) is 45.6 Å². The first-order chi connectivity index (χ1) is 13.5. The summed E-state index contributed by atoms with van der Waals surface area (Å²) in [4.78, 5) is 12.0. The molecule has 6 heteroatoms. The molecule has 154 valence electrons. The normalized spacial score (nSPS) is 12.6. The zero-order valence-corrected chi connectivity index (χ0v) is 18.3. The van der Waals surface area contributed by atoms with Gasteiger partial charge in [-0.25, -0.2) is 8.42 Å². The van der Waals surface area contributed by atoms with Crippen LogP contribution in [-0.2, 0) is 19.6 Å². The molecule has 0 radical (unpaired) electrons. The molecular formula is C23H27NO4S. The third-order valence-electron chi connectivity index (χ3n) is 4.15. The smallest absolute Gasteiger partial charge is 0.312 e. The topological polar surface area (TPSA) is 72.5 Å². The largest absolute Gasteiger partial charge is 0.452 e. The van der Waals surface area contributed by atoms with Crippen LogP contribution in [0.15, 0.2) is 53.4 Å². The van der Waals surface area contributed by atoms with Crippen molar-refractivity contribution < 1.29 is 17.9 Å². The lowest BCUT2D eigenvalue weighted by molar-refractivity contribution is -0.151. The molecule has 2 aromatic rings. The van der Waals surface area contributed by atoms with Crippen molar-refractivity contribution in [3.8, 4) is 11.8 Å². The van der Waals surface area contributed by atoms with Crippen LogP contribution in [-0.4, -0.2) is 21.0 Å². The summed E-state index contributed by atoms with van der Waals surface area (Å²) in [5.74, 6) is 5.28. The van der Waals surface area contributed by atoms with E-state index in [2.05, 4.69) is 16.6 Å². The van der Waals surface area contributed by atoms with Gasteiger partial charge in [0.1, 0.15) is 6.04 Å². The second kappa shape index (κ2) is 9.25. The quantitative estimate of drug-likeness (QED) is 0.596. The summed E-state index contributed by atoms with van der Waals surface area (Å²) in [7, 11) is -3.77. The first kappa shape index (κ1) is 22.7. The Balaban J connectivity index is 2.24. The molecule has 0 aliphatic rings. The zero-order valence-electron chi connectivity index (χ0n) is 17.4. The monoisotopic (exact) mass is 413 g/mol. The molecule has 0 aliphatic heterocycles. The van der Waals surface area contributed by atoms with Gasteiger partial charge in [0.25, 0.3) is 0 Å². The number of ether oxygens (including phenoxy) is 1. The van der Waals surface area contributed by atoms with E-state index < -0.39 is 21.5 Å².